The van der Waals surface area contributed by atoms with Crippen LogP contribution in [0.15, 0.2) is 52.9 Å². The number of nitrogens with one attached hydrogen (secondary N) is 1. The standard InChI is InChI=1S/C20H18N4O2S/c1-2-13-8-9-15-16(12-13)27-20(21-15)22-17(25)10-11-18-23-24-19(26-18)14-6-4-3-5-7-14/h3-9,12H,2,10-11H2,1H3,(H,21,22,25). The fourth-order valence-electron chi connectivity index (χ4n) is 2.70. The molecule has 0 fully saturated rings. The van der Waals surface area contributed by atoms with Crippen LogP contribution in [0.3, 0.4) is 0 Å². The normalized spacial score (nSPS) is 11.0. The third kappa shape index (κ3) is 4.03. The maximum atomic E-state index is 12.2. The Morgan fingerprint density at radius 1 is 1.15 bits per heavy atom. The number of benzene rings is 2. The third-order valence-corrected chi connectivity index (χ3v) is 5.09. The second-order valence-electron chi connectivity index (χ2n) is 6.09. The van der Waals surface area contributed by atoms with Crippen LogP contribution in [0.5, 0.6) is 0 Å². The Hall–Kier alpha value is -3.06. The van der Waals surface area contributed by atoms with Crippen molar-refractivity contribution in [3.63, 3.8) is 0 Å². The molecule has 0 aliphatic carbocycles. The minimum atomic E-state index is -0.121. The van der Waals surface area contributed by atoms with Gasteiger partial charge in [0.05, 0.1) is 10.2 Å². The summed E-state index contributed by atoms with van der Waals surface area (Å²) >= 11 is 1.48. The van der Waals surface area contributed by atoms with Gasteiger partial charge < -0.3 is 9.73 Å². The van der Waals surface area contributed by atoms with Crippen LogP contribution in [-0.2, 0) is 17.6 Å². The van der Waals surface area contributed by atoms with Crippen molar-refractivity contribution in [3.8, 4) is 11.5 Å². The van der Waals surface area contributed by atoms with Crippen molar-refractivity contribution in [1.29, 1.82) is 0 Å². The molecule has 27 heavy (non-hydrogen) atoms. The minimum absolute atomic E-state index is 0.121. The third-order valence-electron chi connectivity index (χ3n) is 4.16. The van der Waals surface area contributed by atoms with E-state index in [0.717, 1.165) is 22.2 Å². The van der Waals surface area contributed by atoms with E-state index in [-0.39, 0.29) is 12.3 Å². The number of hydrogen-bond donors (Lipinski definition) is 1. The van der Waals surface area contributed by atoms with Gasteiger partial charge >= 0.3 is 0 Å². The molecular weight excluding hydrogens is 360 g/mol. The summed E-state index contributed by atoms with van der Waals surface area (Å²) in [7, 11) is 0. The summed E-state index contributed by atoms with van der Waals surface area (Å²) in [4.78, 5) is 16.7. The minimum Gasteiger partial charge on any atom is -0.421 e. The van der Waals surface area contributed by atoms with Crippen molar-refractivity contribution in [3.05, 3.63) is 60.0 Å². The highest BCUT2D eigenvalue weighted by Gasteiger charge is 2.12. The number of aromatic nitrogens is 3. The Kier molecular flexibility index (Phi) is 4.93. The molecule has 0 atom stereocenters. The van der Waals surface area contributed by atoms with Gasteiger partial charge in [-0.25, -0.2) is 4.98 Å². The Bertz CT molecular complexity index is 1070. The number of carbonyl (C=O) groups is 1. The SMILES string of the molecule is CCc1ccc2nc(NC(=O)CCc3nnc(-c4ccccc4)o3)sc2c1. The van der Waals surface area contributed by atoms with Gasteiger partial charge in [0, 0.05) is 18.4 Å². The Labute approximate surface area is 160 Å². The topological polar surface area (TPSA) is 80.9 Å². The molecule has 2 aromatic heterocycles. The fourth-order valence-corrected chi connectivity index (χ4v) is 3.64. The first kappa shape index (κ1) is 17.4. The molecule has 0 radical (unpaired) electrons. The van der Waals surface area contributed by atoms with E-state index < -0.39 is 0 Å². The van der Waals surface area contributed by atoms with Gasteiger partial charge in [0.1, 0.15) is 0 Å². The molecule has 6 nitrogen and oxygen atoms in total. The maximum Gasteiger partial charge on any atom is 0.247 e. The molecule has 7 heteroatoms. The molecule has 2 heterocycles. The molecule has 4 rings (SSSR count). The highest BCUT2D eigenvalue weighted by atomic mass is 32.1. The Balaban J connectivity index is 1.37. The Morgan fingerprint density at radius 2 is 2.00 bits per heavy atom. The lowest BCUT2D eigenvalue weighted by molar-refractivity contribution is -0.116. The predicted molar refractivity (Wildman–Crippen MR) is 106 cm³/mol. The zero-order chi connectivity index (χ0) is 18.6. The Morgan fingerprint density at radius 3 is 2.81 bits per heavy atom. The van der Waals surface area contributed by atoms with Crippen LogP contribution in [0.2, 0.25) is 0 Å². The second kappa shape index (κ2) is 7.67. The van der Waals surface area contributed by atoms with E-state index in [2.05, 4.69) is 39.6 Å². The van der Waals surface area contributed by atoms with Crippen LogP contribution in [-0.4, -0.2) is 21.1 Å². The van der Waals surface area contributed by atoms with Gasteiger partial charge in [-0.15, -0.1) is 10.2 Å². The van der Waals surface area contributed by atoms with Gasteiger partial charge in [-0.3, -0.25) is 4.79 Å². The smallest absolute Gasteiger partial charge is 0.247 e. The van der Waals surface area contributed by atoms with E-state index in [1.807, 2.05) is 36.4 Å². The van der Waals surface area contributed by atoms with Gasteiger partial charge in [-0.05, 0) is 36.2 Å². The van der Waals surface area contributed by atoms with Crippen molar-refractivity contribution in [2.24, 2.45) is 0 Å². The zero-order valence-corrected chi connectivity index (χ0v) is 15.6. The van der Waals surface area contributed by atoms with Crippen LogP contribution in [0.1, 0.15) is 24.8 Å². The van der Waals surface area contributed by atoms with Crippen LogP contribution < -0.4 is 5.32 Å². The van der Waals surface area contributed by atoms with Crippen molar-refractivity contribution in [2.75, 3.05) is 5.32 Å². The molecule has 2 aromatic carbocycles. The summed E-state index contributed by atoms with van der Waals surface area (Å²) < 4.78 is 6.71. The van der Waals surface area contributed by atoms with Crippen molar-refractivity contribution < 1.29 is 9.21 Å². The highest BCUT2D eigenvalue weighted by Crippen LogP contribution is 2.27. The first-order chi connectivity index (χ1) is 13.2. The summed E-state index contributed by atoms with van der Waals surface area (Å²) in [6.45, 7) is 2.12. The maximum absolute atomic E-state index is 12.2. The number of anilines is 1. The monoisotopic (exact) mass is 378 g/mol. The molecule has 0 bridgehead atoms. The average Bonchev–Trinajstić information content (AvgIpc) is 3.33. The molecule has 0 aliphatic heterocycles. The van der Waals surface area contributed by atoms with E-state index in [4.69, 9.17) is 4.42 Å². The number of aryl methyl sites for hydroxylation is 2. The zero-order valence-electron chi connectivity index (χ0n) is 14.8. The lowest BCUT2D eigenvalue weighted by Crippen LogP contribution is -2.12. The van der Waals surface area contributed by atoms with E-state index >= 15 is 0 Å². The molecule has 0 saturated carbocycles. The molecule has 4 aromatic rings. The number of amides is 1. The molecule has 1 N–H and O–H groups in total. The van der Waals surface area contributed by atoms with Gasteiger partial charge in [0.25, 0.3) is 0 Å². The van der Waals surface area contributed by atoms with Gasteiger partial charge in [-0.1, -0.05) is 42.5 Å². The number of fused-ring (bicyclic) bond motifs is 1. The average molecular weight is 378 g/mol. The molecule has 136 valence electrons. The van der Waals surface area contributed by atoms with E-state index in [9.17, 15) is 4.79 Å². The van der Waals surface area contributed by atoms with E-state index in [1.54, 1.807) is 0 Å². The van der Waals surface area contributed by atoms with Crippen LogP contribution in [0.25, 0.3) is 21.7 Å². The van der Waals surface area contributed by atoms with Crippen LogP contribution in [0.4, 0.5) is 5.13 Å². The van der Waals surface area contributed by atoms with Gasteiger partial charge in [0.2, 0.25) is 17.7 Å². The summed E-state index contributed by atoms with van der Waals surface area (Å²) in [6, 6.07) is 15.7. The first-order valence-corrected chi connectivity index (χ1v) is 9.60. The summed E-state index contributed by atoms with van der Waals surface area (Å²) in [5.41, 5.74) is 3.02. The number of thiazole rings is 1. The summed E-state index contributed by atoms with van der Waals surface area (Å²) in [5, 5.41) is 11.5. The van der Waals surface area contributed by atoms with Crippen molar-refractivity contribution in [1.82, 2.24) is 15.2 Å². The number of hydrogen-bond acceptors (Lipinski definition) is 6. The quantitative estimate of drug-likeness (QED) is 0.535. The molecule has 0 spiro atoms. The van der Waals surface area contributed by atoms with Crippen molar-refractivity contribution in [2.45, 2.75) is 26.2 Å². The molecule has 0 unspecified atom stereocenters. The first-order valence-electron chi connectivity index (χ1n) is 8.78. The highest BCUT2D eigenvalue weighted by molar-refractivity contribution is 7.22. The molecule has 0 aliphatic rings. The van der Waals surface area contributed by atoms with Gasteiger partial charge in [0.15, 0.2) is 5.13 Å². The lowest BCUT2D eigenvalue weighted by Gasteiger charge is -1.99. The van der Waals surface area contributed by atoms with E-state index in [1.165, 1.54) is 16.9 Å². The predicted octanol–water partition coefficient (Wildman–Crippen LogP) is 4.48. The number of carbonyl (C=O) groups excluding carboxylic acids is 1. The fraction of sp³-hybridized carbons (Fsp3) is 0.200. The molecular formula is C20H18N4O2S. The summed E-state index contributed by atoms with van der Waals surface area (Å²) in [5.74, 6) is 0.786. The molecule has 1 amide bonds. The lowest BCUT2D eigenvalue weighted by atomic mass is 10.2. The number of nitrogens with zero attached hydrogens (tertiary/aromatic N) is 3. The van der Waals surface area contributed by atoms with E-state index in [0.29, 0.717) is 23.3 Å². The van der Waals surface area contributed by atoms with Gasteiger partial charge in [-0.2, -0.15) is 0 Å². The van der Waals surface area contributed by atoms with Crippen LogP contribution >= 0.6 is 11.3 Å². The summed E-state index contributed by atoms with van der Waals surface area (Å²) in [6.07, 6.45) is 1.62. The van der Waals surface area contributed by atoms with Crippen LogP contribution in [0, 0.1) is 0 Å². The molecule has 0 saturated heterocycles. The second-order valence-corrected chi connectivity index (χ2v) is 7.12. The number of rotatable bonds is 6. The van der Waals surface area contributed by atoms with Crippen molar-refractivity contribution >= 4 is 32.6 Å². The largest absolute Gasteiger partial charge is 0.421 e.